The minimum atomic E-state index is -0.454. The van der Waals surface area contributed by atoms with E-state index in [4.69, 9.17) is 5.73 Å². The zero-order chi connectivity index (χ0) is 13.7. The topological polar surface area (TPSA) is 46.3 Å². The second kappa shape index (κ2) is 6.55. The highest BCUT2D eigenvalue weighted by Gasteiger charge is 2.27. The predicted molar refractivity (Wildman–Crippen MR) is 75.1 cm³/mol. The molecule has 1 unspecified atom stereocenters. The molecule has 3 heteroatoms. The first kappa shape index (κ1) is 14.7. The van der Waals surface area contributed by atoms with Crippen LogP contribution in [-0.2, 0) is 4.79 Å². The fraction of sp³-hybridized carbons (Fsp3) is 0.533. The normalized spacial score (nSPS) is 14.3. The van der Waals surface area contributed by atoms with Gasteiger partial charge in [0.05, 0.1) is 12.1 Å². The Balaban J connectivity index is 3.06. The molecule has 0 radical (unpaired) electrons. The van der Waals surface area contributed by atoms with E-state index in [0.29, 0.717) is 0 Å². The number of nitrogens with two attached hydrogens (primary N) is 1. The monoisotopic (exact) mass is 248 g/mol. The molecule has 0 spiro atoms. The summed E-state index contributed by atoms with van der Waals surface area (Å²) in [7, 11) is 0. The lowest BCUT2D eigenvalue weighted by atomic mass is 10.0. The van der Waals surface area contributed by atoms with E-state index in [-0.39, 0.29) is 18.0 Å². The number of carbonyl (C=O) groups is 1. The van der Waals surface area contributed by atoms with Crippen molar-refractivity contribution in [3.63, 3.8) is 0 Å². The van der Waals surface area contributed by atoms with Gasteiger partial charge in [0.25, 0.3) is 0 Å². The standard InChI is InChI=1S/C15H24N2O/c1-5-14(13-9-7-6-8-10-13)17(11(2)3)15(18)12(4)16/h6-12,14H,5,16H2,1-4H3/t12?,14-/m0/s1. The van der Waals surface area contributed by atoms with Crippen LogP contribution in [0.4, 0.5) is 0 Å². The van der Waals surface area contributed by atoms with Crippen LogP contribution < -0.4 is 5.73 Å². The first-order chi connectivity index (χ1) is 8.49. The minimum Gasteiger partial charge on any atom is -0.332 e. The van der Waals surface area contributed by atoms with Crippen molar-refractivity contribution < 1.29 is 4.79 Å². The van der Waals surface area contributed by atoms with Crippen LogP contribution in [0.15, 0.2) is 30.3 Å². The molecule has 1 aromatic rings. The Labute approximate surface area is 110 Å². The lowest BCUT2D eigenvalue weighted by Gasteiger charge is -2.36. The molecule has 1 aromatic carbocycles. The summed E-state index contributed by atoms with van der Waals surface area (Å²) in [5.74, 6) is 0.0145. The summed E-state index contributed by atoms with van der Waals surface area (Å²) in [6, 6.07) is 9.93. The second-order valence-corrected chi connectivity index (χ2v) is 4.96. The Morgan fingerprint density at radius 1 is 1.22 bits per heavy atom. The van der Waals surface area contributed by atoms with Crippen molar-refractivity contribution in [3.8, 4) is 0 Å². The van der Waals surface area contributed by atoms with Gasteiger partial charge in [-0.25, -0.2) is 0 Å². The van der Waals surface area contributed by atoms with E-state index < -0.39 is 6.04 Å². The van der Waals surface area contributed by atoms with Crippen LogP contribution in [0.3, 0.4) is 0 Å². The van der Waals surface area contributed by atoms with E-state index in [1.165, 1.54) is 5.56 Å². The largest absolute Gasteiger partial charge is 0.332 e. The molecule has 0 fully saturated rings. The Morgan fingerprint density at radius 2 is 1.78 bits per heavy atom. The highest BCUT2D eigenvalue weighted by atomic mass is 16.2. The van der Waals surface area contributed by atoms with Gasteiger partial charge < -0.3 is 10.6 Å². The molecule has 2 N–H and O–H groups in total. The van der Waals surface area contributed by atoms with Crippen molar-refractivity contribution in [1.82, 2.24) is 4.90 Å². The fourth-order valence-electron chi connectivity index (χ4n) is 2.27. The Hall–Kier alpha value is -1.35. The minimum absolute atomic E-state index is 0.0145. The van der Waals surface area contributed by atoms with Gasteiger partial charge in [-0.05, 0) is 32.8 Å². The summed E-state index contributed by atoms with van der Waals surface area (Å²) >= 11 is 0. The number of amides is 1. The number of hydrogen-bond acceptors (Lipinski definition) is 2. The van der Waals surface area contributed by atoms with Crippen LogP contribution in [0, 0.1) is 0 Å². The van der Waals surface area contributed by atoms with E-state index in [0.717, 1.165) is 6.42 Å². The van der Waals surface area contributed by atoms with Gasteiger partial charge in [0.2, 0.25) is 5.91 Å². The summed E-state index contributed by atoms with van der Waals surface area (Å²) in [5, 5.41) is 0. The summed E-state index contributed by atoms with van der Waals surface area (Å²) in [6.07, 6.45) is 0.890. The molecule has 0 aliphatic rings. The number of rotatable bonds is 5. The van der Waals surface area contributed by atoms with Gasteiger partial charge in [0.1, 0.15) is 0 Å². The lowest BCUT2D eigenvalue weighted by molar-refractivity contribution is -0.136. The van der Waals surface area contributed by atoms with Gasteiger partial charge >= 0.3 is 0 Å². The van der Waals surface area contributed by atoms with Gasteiger partial charge in [0.15, 0.2) is 0 Å². The van der Waals surface area contributed by atoms with E-state index in [9.17, 15) is 4.79 Å². The van der Waals surface area contributed by atoms with E-state index in [1.54, 1.807) is 6.92 Å². The average molecular weight is 248 g/mol. The highest BCUT2D eigenvalue weighted by Crippen LogP contribution is 2.26. The Kier molecular flexibility index (Phi) is 5.35. The third-order valence-corrected chi connectivity index (χ3v) is 3.11. The molecule has 0 aliphatic carbocycles. The second-order valence-electron chi connectivity index (χ2n) is 4.96. The quantitative estimate of drug-likeness (QED) is 0.871. The number of carbonyl (C=O) groups excluding carboxylic acids is 1. The molecule has 0 saturated carbocycles. The summed E-state index contributed by atoms with van der Waals surface area (Å²) in [4.78, 5) is 14.2. The molecular weight excluding hydrogens is 224 g/mol. The maximum Gasteiger partial charge on any atom is 0.239 e. The number of nitrogens with zero attached hydrogens (tertiary/aromatic N) is 1. The van der Waals surface area contributed by atoms with Gasteiger partial charge in [-0.3, -0.25) is 4.79 Å². The van der Waals surface area contributed by atoms with Crippen molar-refractivity contribution >= 4 is 5.91 Å². The first-order valence-corrected chi connectivity index (χ1v) is 6.61. The highest BCUT2D eigenvalue weighted by molar-refractivity contribution is 5.82. The Bertz CT molecular complexity index is 373. The summed E-state index contributed by atoms with van der Waals surface area (Å²) in [6.45, 7) is 7.91. The smallest absolute Gasteiger partial charge is 0.239 e. The van der Waals surface area contributed by atoms with Gasteiger partial charge in [-0.15, -0.1) is 0 Å². The van der Waals surface area contributed by atoms with E-state index in [2.05, 4.69) is 19.1 Å². The van der Waals surface area contributed by atoms with Gasteiger partial charge in [-0.1, -0.05) is 37.3 Å². The fourth-order valence-corrected chi connectivity index (χ4v) is 2.27. The van der Waals surface area contributed by atoms with Crippen LogP contribution in [0.2, 0.25) is 0 Å². The molecule has 18 heavy (non-hydrogen) atoms. The molecule has 0 saturated heterocycles. The third kappa shape index (κ3) is 3.33. The third-order valence-electron chi connectivity index (χ3n) is 3.11. The molecule has 0 aromatic heterocycles. The van der Waals surface area contributed by atoms with Gasteiger partial charge in [0, 0.05) is 6.04 Å². The molecule has 100 valence electrons. The van der Waals surface area contributed by atoms with Crippen LogP contribution in [0.25, 0.3) is 0 Å². The SMILES string of the molecule is CC[C@@H](c1ccccc1)N(C(=O)C(C)N)C(C)C. The van der Waals surface area contributed by atoms with E-state index >= 15 is 0 Å². The maximum atomic E-state index is 12.3. The number of hydrogen-bond donors (Lipinski definition) is 1. The zero-order valence-corrected chi connectivity index (χ0v) is 11.8. The summed E-state index contributed by atoms with van der Waals surface area (Å²) in [5.41, 5.74) is 6.92. The van der Waals surface area contributed by atoms with Crippen molar-refractivity contribution in [2.45, 2.75) is 52.2 Å². The molecule has 0 aliphatic heterocycles. The average Bonchev–Trinajstić information content (AvgIpc) is 2.35. The predicted octanol–water partition coefficient (Wildman–Crippen LogP) is 2.72. The number of benzene rings is 1. The first-order valence-electron chi connectivity index (χ1n) is 6.61. The molecular formula is C15H24N2O. The molecule has 2 atom stereocenters. The Morgan fingerprint density at radius 3 is 2.17 bits per heavy atom. The summed E-state index contributed by atoms with van der Waals surface area (Å²) < 4.78 is 0. The lowest BCUT2D eigenvalue weighted by Crippen LogP contribution is -2.47. The molecule has 1 amide bonds. The van der Waals surface area contributed by atoms with Crippen molar-refractivity contribution in [3.05, 3.63) is 35.9 Å². The maximum absolute atomic E-state index is 12.3. The van der Waals surface area contributed by atoms with Crippen molar-refractivity contribution in [1.29, 1.82) is 0 Å². The zero-order valence-electron chi connectivity index (χ0n) is 11.8. The van der Waals surface area contributed by atoms with Crippen LogP contribution in [0.5, 0.6) is 0 Å². The molecule has 1 rings (SSSR count). The molecule has 0 heterocycles. The van der Waals surface area contributed by atoms with Crippen LogP contribution in [0.1, 0.15) is 45.7 Å². The molecule has 0 bridgehead atoms. The van der Waals surface area contributed by atoms with Crippen LogP contribution >= 0.6 is 0 Å². The van der Waals surface area contributed by atoms with Crippen molar-refractivity contribution in [2.75, 3.05) is 0 Å². The van der Waals surface area contributed by atoms with Gasteiger partial charge in [-0.2, -0.15) is 0 Å². The van der Waals surface area contributed by atoms with Crippen LogP contribution in [-0.4, -0.2) is 22.9 Å². The molecule has 3 nitrogen and oxygen atoms in total. The van der Waals surface area contributed by atoms with Crippen molar-refractivity contribution in [2.24, 2.45) is 5.73 Å². The van der Waals surface area contributed by atoms with E-state index in [1.807, 2.05) is 36.9 Å².